The zero-order chi connectivity index (χ0) is 12.1. The van der Waals surface area contributed by atoms with Crippen LogP contribution in [0.1, 0.15) is 36.2 Å². The van der Waals surface area contributed by atoms with Crippen molar-refractivity contribution >= 4 is 5.91 Å². The molecule has 0 unspecified atom stereocenters. The summed E-state index contributed by atoms with van der Waals surface area (Å²) in [5.74, 6) is 3.48. The first-order chi connectivity index (χ1) is 8.83. The van der Waals surface area contributed by atoms with Gasteiger partial charge in [-0.1, -0.05) is 0 Å². The molecular formula is C14H19N3O. The van der Waals surface area contributed by atoms with Crippen LogP contribution in [0.3, 0.4) is 0 Å². The summed E-state index contributed by atoms with van der Waals surface area (Å²) in [5.41, 5.74) is 0.640. The van der Waals surface area contributed by atoms with Gasteiger partial charge in [-0.25, -0.2) is 0 Å². The van der Waals surface area contributed by atoms with Crippen LogP contribution in [-0.2, 0) is 0 Å². The molecule has 1 N–H and O–H groups in total. The number of rotatable bonds is 1. The maximum atomic E-state index is 12.3. The number of amides is 1. The van der Waals surface area contributed by atoms with Crippen molar-refractivity contribution in [3.63, 3.8) is 0 Å². The van der Waals surface area contributed by atoms with E-state index in [9.17, 15) is 4.79 Å². The van der Waals surface area contributed by atoms with Crippen LogP contribution in [-0.4, -0.2) is 34.1 Å². The van der Waals surface area contributed by atoms with E-state index in [1.54, 1.807) is 12.3 Å². The maximum Gasteiger partial charge on any atom is 0.271 e. The molecule has 1 aromatic rings. The molecule has 4 nitrogen and oxygen atoms in total. The molecule has 2 atom stereocenters. The van der Waals surface area contributed by atoms with Crippen LogP contribution in [0, 0.1) is 23.7 Å². The Bertz CT molecular complexity index is 428. The number of likely N-dealkylation sites (tertiary alicyclic amines) is 1. The Morgan fingerprint density at radius 1 is 1.17 bits per heavy atom. The van der Waals surface area contributed by atoms with Crippen molar-refractivity contribution in [3.05, 3.63) is 18.0 Å². The summed E-state index contributed by atoms with van der Waals surface area (Å²) in [6, 6.07) is 1.78. The average Bonchev–Trinajstić information content (AvgIpc) is 3.09. The first kappa shape index (κ1) is 10.6. The van der Waals surface area contributed by atoms with Crippen LogP contribution in [0.4, 0.5) is 0 Å². The zero-order valence-corrected chi connectivity index (χ0v) is 10.5. The van der Waals surface area contributed by atoms with E-state index in [-0.39, 0.29) is 5.91 Å². The molecule has 2 bridgehead atoms. The number of H-pyrrole nitrogens is 1. The Balaban J connectivity index is 1.55. The third-order valence-corrected chi connectivity index (χ3v) is 5.46. The molecule has 18 heavy (non-hydrogen) atoms. The monoisotopic (exact) mass is 245 g/mol. The van der Waals surface area contributed by atoms with Gasteiger partial charge in [0, 0.05) is 19.3 Å². The second-order valence-electron chi connectivity index (χ2n) is 6.18. The predicted octanol–water partition coefficient (Wildman–Crippen LogP) is 1.92. The molecule has 0 aromatic carbocycles. The third kappa shape index (κ3) is 1.44. The van der Waals surface area contributed by atoms with Crippen LogP contribution >= 0.6 is 0 Å². The van der Waals surface area contributed by atoms with Gasteiger partial charge in [-0.05, 0) is 55.4 Å². The molecule has 96 valence electrons. The topological polar surface area (TPSA) is 49.0 Å². The van der Waals surface area contributed by atoms with Crippen molar-refractivity contribution in [1.82, 2.24) is 15.1 Å². The molecule has 4 aliphatic rings. The average molecular weight is 245 g/mol. The number of hydrogen-bond acceptors (Lipinski definition) is 2. The van der Waals surface area contributed by atoms with E-state index in [0.29, 0.717) is 5.69 Å². The predicted molar refractivity (Wildman–Crippen MR) is 66.9 cm³/mol. The lowest BCUT2D eigenvalue weighted by Gasteiger charge is -2.44. The molecule has 4 heteroatoms. The highest BCUT2D eigenvalue weighted by molar-refractivity contribution is 5.92. The van der Waals surface area contributed by atoms with Crippen molar-refractivity contribution in [3.8, 4) is 0 Å². The number of fused-ring (bicyclic) bond motifs is 2. The molecule has 4 fully saturated rings. The smallest absolute Gasteiger partial charge is 0.271 e. The molecule has 5 rings (SSSR count). The van der Waals surface area contributed by atoms with E-state index in [2.05, 4.69) is 15.1 Å². The van der Waals surface area contributed by atoms with Gasteiger partial charge in [0.25, 0.3) is 5.91 Å². The summed E-state index contributed by atoms with van der Waals surface area (Å²) in [6.07, 6.45) is 7.26. The van der Waals surface area contributed by atoms with Crippen molar-refractivity contribution < 1.29 is 4.79 Å². The van der Waals surface area contributed by atoms with Gasteiger partial charge in [-0.3, -0.25) is 9.89 Å². The highest BCUT2D eigenvalue weighted by Crippen LogP contribution is 2.51. The van der Waals surface area contributed by atoms with Crippen LogP contribution < -0.4 is 0 Å². The summed E-state index contributed by atoms with van der Waals surface area (Å²) < 4.78 is 0. The second-order valence-corrected chi connectivity index (χ2v) is 6.18. The van der Waals surface area contributed by atoms with Crippen molar-refractivity contribution in [2.45, 2.75) is 25.7 Å². The van der Waals surface area contributed by atoms with Crippen LogP contribution in [0.2, 0.25) is 0 Å². The van der Waals surface area contributed by atoms with E-state index in [0.717, 1.165) is 36.8 Å². The largest absolute Gasteiger partial charge is 0.337 e. The fraction of sp³-hybridized carbons (Fsp3) is 0.714. The fourth-order valence-corrected chi connectivity index (χ4v) is 4.56. The van der Waals surface area contributed by atoms with Gasteiger partial charge in [0.15, 0.2) is 0 Å². The van der Waals surface area contributed by atoms with E-state index < -0.39 is 0 Å². The van der Waals surface area contributed by atoms with Crippen molar-refractivity contribution in [1.29, 1.82) is 0 Å². The Hall–Kier alpha value is -1.32. The molecular weight excluding hydrogens is 226 g/mol. The number of aromatic amines is 1. The minimum Gasteiger partial charge on any atom is -0.337 e. The lowest BCUT2D eigenvalue weighted by atomic mass is 9.60. The first-order valence-electron chi connectivity index (χ1n) is 7.11. The number of nitrogens with one attached hydrogen (secondary N) is 1. The van der Waals surface area contributed by atoms with Gasteiger partial charge in [0.1, 0.15) is 5.69 Å². The van der Waals surface area contributed by atoms with Crippen molar-refractivity contribution in [2.24, 2.45) is 23.7 Å². The lowest BCUT2D eigenvalue weighted by molar-refractivity contribution is 0.0577. The minimum atomic E-state index is 0.140. The molecule has 3 aliphatic carbocycles. The van der Waals surface area contributed by atoms with Gasteiger partial charge in [-0.2, -0.15) is 5.10 Å². The third-order valence-electron chi connectivity index (χ3n) is 5.46. The molecule has 1 aliphatic heterocycles. The molecule has 2 heterocycles. The number of hydrogen-bond donors (Lipinski definition) is 1. The molecule has 1 aromatic heterocycles. The standard InChI is InChI=1S/C14H19N3O/c18-14(13-5-6-15-16-13)17-7-11-9-1-2-10(4-3-9)12(11)8-17/h5-6,9-12H,1-4,7-8H2,(H,15,16)/t9?,10?,11-,12+. The molecule has 0 spiro atoms. The number of carbonyl (C=O) groups excluding carboxylic acids is 1. The van der Waals surface area contributed by atoms with Gasteiger partial charge >= 0.3 is 0 Å². The SMILES string of the molecule is O=C(c1ccn[nH]1)N1C[C@@H]2C3CCC(CC3)[C@@H]2C1. The van der Waals surface area contributed by atoms with Crippen LogP contribution in [0.15, 0.2) is 12.3 Å². The van der Waals surface area contributed by atoms with E-state index in [4.69, 9.17) is 0 Å². The Morgan fingerprint density at radius 3 is 2.28 bits per heavy atom. The quantitative estimate of drug-likeness (QED) is 0.821. The van der Waals surface area contributed by atoms with Crippen molar-refractivity contribution in [2.75, 3.05) is 13.1 Å². The van der Waals surface area contributed by atoms with Gasteiger partial charge < -0.3 is 4.90 Å². The lowest BCUT2D eigenvalue weighted by Crippen LogP contribution is -2.38. The van der Waals surface area contributed by atoms with Crippen LogP contribution in [0.5, 0.6) is 0 Å². The van der Waals surface area contributed by atoms with Gasteiger partial charge in [-0.15, -0.1) is 0 Å². The minimum absolute atomic E-state index is 0.140. The molecule has 3 saturated carbocycles. The Kier molecular flexibility index (Phi) is 2.26. The normalized spacial score (nSPS) is 37.9. The highest BCUT2D eigenvalue weighted by Gasteiger charge is 2.49. The molecule has 1 amide bonds. The second kappa shape index (κ2) is 3.84. The van der Waals surface area contributed by atoms with Gasteiger partial charge in [0.2, 0.25) is 0 Å². The molecule has 0 radical (unpaired) electrons. The first-order valence-corrected chi connectivity index (χ1v) is 7.11. The summed E-state index contributed by atoms with van der Waals surface area (Å²) in [4.78, 5) is 14.4. The Morgan fingerprint density at radius 2 is 1.78 bits per heavy atom. The summed E-state index contributed by atoms with van der Waals surface area (Å²) in [6.45, 7) is 1.95. The summed E-state index contributed by atoms with van der Waals surface area (Å²) in [7, 11) is 0. The summed E-state index contributed by atoms with van der Waals surface area (Å²) in [5, 5.41) is 6.67. The Labute approximate surface area is 107 Å². The van der Waals surface area contributed by atoms with Gasteiger partial charge in [0.05, 0.1) is 0 Å². The number of aromatic nitrogens is 2. The zero-order valence-electron chi connectivity index (χ0n) is 10.5. The van der Waals surface area contributed by atoms with E-state index in [1.807, 2.05) is 0 Å². The number of nitrogens with zero attached hydrogens (tertiary/aromatic N) is 2. The fourth-order valence-electron chi connectivity index (χ4n) is 4.56. The summed E-state index contributed by atoms with van der Waals surface area (Å²) >= 11 is 0. The highest BCUT2D eigenvalue weighted by atomic mass is 16.2. The maximum absolute atomic E-state index is 12.3. The number of carbonyl (C=O) groups is 1. The van der Waals surface area contributed by atoms with Crippen LogP contribution in [0.25, 0.3) is 0 Å². The molecule has 1 saturated heterocycles. The van der Waals surface area contributed by atoms with E-state index >= 15 is 0 Å². The van der Waals surface area contributed by atoms with E-state index in [1.165, 1.54) is 25.7 Å².